The summed E-state index contributed by atoms with van der Waals surface area (Å²) >= 11 is 5.24. The predicted molar refractivity (Wildman–Crippen MR) is 57.8 cm³/mol. The number of para-hydroxylation sites is 1. The zero-order chi connectivity index (χ0) is 12.1. The average molecular weight is 247 g/mol. The van der Waals surface area contributed by atoms with Gasteiger partial charge in [-0.15, -0.1) is 0 Å². The maximum absolute atomic E-state index is 10.7. The first kappa shape index (κ1) is 12.9. The Hall–Kier alpha value is -1.21. The normalized spacial score (nSPS) is 14.4. The van der Waals surface area contributed by atoms with Gasteiger partial charge in [-0.2, -0.15) is 0 Å². The van der Waals surface area contributed by atoms with Crippen LogP contribution in [0.15, 0.2) is 24.3 Å². The summed E-state index contributed by atoms with van der Waals surface area (Å²) in [4.78, 5) is 10.2. The van der Waals surface area contributed by atoms with Crippen LogP contribution in [0.1, 0.15) is 11.7 Å². The van der Waals surface area contributed by atoms with Crippen molar-refractivity contribution in [1.82, 2.24) is 0 Å². The Kier molecular flexibility index (Phi) is 4.63. The molecule has 16 heavy (non-hydrogen) atoms. The van der Waals surface area contributed by atoms with Crippen LogP contribution in [0, 0.1) is 10.1 Å². The Morgan fingerprint density at radius 3 is 2.69 bits per heavy atom. The van der Waals surface area contributed by atoms with Crippen LogP contribution in [0.5, 0.6) is 0 Å². The van der Waals surface area contributed by atoms with Crippen LogP contribution in [0.2, 0.25) is 0 Å². The number of aliphatic hydroxyl groups excluding tert-OH is 1. The Morgan fingerprint density at radius 1 is 1.56 bits per heavy atom. The van der Waals surface area contributed by atoms with E-state index in [4.69, 9.17) is 27.2 Å². The van der Waals surface area contributed by atoms with E-state index in [1.165, 1.54) is 18.2 Å². The lowest BCUT2D eigenvalue weighted by molar-refractivity contribution is -0.386. The van der Waals surface area contributed by atoms with Crippen LogP contribution >= 0.6 is 11.6 Å². The number of benzene rings is 1. The van der Waals surface area contributed by atoms with Gasteiger partial charge >= 0.3 is 0 Å². The first-order valence-electron chi connectivity index (χ1n) is 4.47. The Balaban J connectivity index is 3.04. The summed E-state index contributed by atoms with van der Waals surface area (Å²) in [7, 11) is 0. The van der Waals surface area contributed by atoms with Crippen LogP contribution in [-0.2, 0) is 4.74 Å². The van der Waals surface area contributed by atoms with Crippen molar-refractivity contribution in [3.8, 4) is 0 Å². The minimum atomic E-state index is -1.55. The number of nitro benzene ring substituents is 1. The van der Waals surface area contributed by atoms with Crippen molar-refractivity contribution in [3.63, 3.8) is 0 Å². The fourth-order valence-electron chi connectivity index (χ4n) is 1.32. The van der Waals surface area contributed by atoms with Gasteiger partial charge in [-0.3, -0.25) is 10.1 Å². The lowest BCUT2D eigenvalue weighted by Gasteiger charge is -2.16. The Morgan fingerprint density at radius 2 is 2.19 bits per heavy atom. The quantitative estimate of drug-likeness (QED) is 0.351. The molecule has 3 N–H and O–H groups in total. The van der Waals surface area contributed by atoms with E-state index in [2.05, 4.69) is 0 Å². The molecule has 88 valence electrons. The molecule has 1 aromatic rings. The second kappa shape index (κ2) is 5.76. The topological polar surface area (TPSA) is 98.6 Å². The molecule has 0 radical (unpaired) electrons. The first-order valence-corrected chi connectivity index (χ1v) is 4.91. The molecule has 0 amide bonds. The number of halogens is 1. The van der Waals surface area contributed by atoms with Crippen LogP contribution in [0.4, 0.5) is 5.69 Å². The highest BCUT2D eigenvalue weighted by Crippen LogP contribution is 2.27. The van der Waals surface area contributed by atoms with Gasteiger partial charge in [0, 0.05) is 12.6 Å². The zero-order valence-corrected chi connectivity index (χ0v) is 9.00. The zero-order valence-electron chi connectivity index (χ0n) is 8.25. The molecule has 0 aliphatic heterocycles. The van der Waals surface area contributed by atoms with Gasteiger partial charge in [-0.05, 0) is 6.07 Å². The summed E-state index contributed by atoms with van der Waals surface area (Å²) < 4.78 is 4.87. The SMILES string of the molecule is NCC(OC(O)Cl)c1ccccc1[N+](=O)[O-]. The Bertz CT molecular complexity index is 372. The average Bonchev–Trinajstić information content (AvgIpc) is 2.25. The number of nitrogens with zero attached hydrogens (tertiary/aromatic N) is 1. The molecular formula is C9H11ClN2O4. The van der Waals surface area contributed by atoms with E-state index >= 15 is 0 Å². The number of alkyl halides is 1. The highest BCUT2D eigenvalue weighted by Gasteiger charge is 2.22. The van der Waals surface area contributed by atoms with E-state index < -0.39 is 16.8 Å². The van der Waals surface area contributed by atoms with E-state index in [-0.39, 0.29) is 17.8 Å². The van der Waals surface area contributed by atoms with E-state index in [1.54, 1.807) is 6.07 Å². The number of hydrogen-bond donors (Lipinski definition) is 2. The van der Waals surface area contributed by atoms with Crippen molar-refractivity contribution in [3.05, 3.63) is 39.9 Å². The van der Waals surface area contributed by atoms with Crippen molar-refractivity contribution in [2.24, 2.45) is 5.73 Å². The van der Waals surface area contributed by atoms with Gasteiger partial charge in [0.05, 0.1) is 10.5 Å². The molecule has 7 heteroatoms. The minimum absolute atomic E-state index is 0.0192. The van der Waals surface area contributed by atoms with E-state index in [0.29, 0.717) is 0 Å². The monoisotopic (exact) mass is 246 g/mol. The van der Waals surface area contributed by atoms with Gasteiger partial charge in [0.1, 0.15) is 6.10 Å². The van der Waals surface area contributed by atoms with Gasteiger partial charge in [-0.1, -0.05) is 23.7 Å². The summed E-state index contributed by atoms with van der Waals surface area (Å²) in [5.74, 6) is -1.55. The second-order valence-corrected chi connectivity index (χ2v) is 3.34. The molecule has 2 unspecified atom stereocenters. The van der Waals surface area contributed by atoms with Gasteiger partial charge < -0.3 is 15.6 Å². The van der Waals surface area contributed by atoms with Crippen LogP contribution < -0.4 is 5.73 Å². The van der Waals surface area contributed by atoms with E-state index in [1.807, 2.05) is 0 Å². The third-order valence-corrected chi connectivity index (χ3v) is 2.07. The summed E-state index contributed by atoms with van der Waals surface area (Å²) in [5.41, 5.74) is 5.58. The number of nitrogens with two attached hydrogens (primary N) is 1. The summed E-state index contributed by atoms with van der Waals surface area (Å²) in [6.45, 7) is -0.0192. The molecule has 1 aromatic carbocycles. The summed E-state index contributed by atoms with van der Waals surface area (Å²) in [6, 6.07) is 6.00. The summed E-state index contributed by atoms with van der Waals surface area (Å²) in [6.07, 6.45) is -0.811. The molecule has 1 rings (SSSR count). The third kappa shape index (κ3) is 3.14. The molecule has 0 aliphatic carbocycles. The Labute approximate surface area is 96.7 Å². The highest BCUT2D eigenvalue weighted by atomic mass is 35.5. The number of ether oxygens (including phenoxy) is 1. The molecule has 0 saturated heterocycles. The second-order valence-electron chi connectivity index (χ2n) is 2.97. The van der Waals surface area contributed by atoms with Gasteiger partial charge in [-0.25, -0.2) is 0 Å². The fraction of sp³-hybridized carbons (Fsp3) is 0.333. The van der Waals surface area contributed by atoms with Crippen LogP contribution in [-0.4, -0.2) is 22.3 Å². The van der Waals surface area contributed by atoms with Crippen LogP contribution in [0.25, 0.3) is 0 Å². The van der Waals surface area contributed by atoms with Crippen molar-refractivity contribution >= 4 is 17.3 Å². The molecule has 0 aromatic heterocycles. The lowest BCUT2D eigenvalue weighted by Crippen LogP contribution is -2.20. The lowest BCUT2D eigenvalue weighted by atomic mass is 10.1. The molecule has 0 saturated carbocycles. The van der Waals surface area contributed by atoms with Gasteiger partial charge in [0.2, 0.25) is 5.75 Å². The highest BCUT2D eigenvalue weighted by molar-refractivity contribution is 6.18. The minimum Gasteiger partial charge on any atom is -0.356 e. The maximum atomic E-state index is 10.7. The standard InChI is InChI=1S/C9H11ClN2O4/c10-9(13)16-8(5-11)6-3-1-2-4-7(6)12(14)15/h1-4,8-9,13H,5,11H2. The molecule has 2 atom stereocenters. The van der Waals surface area contributed by atoms with Crippen LogP contribution in [0.3, 0.4) is 0 Å². The number of aliphatic hydroxyl groups is 1. The fourth-order valence-corrected chi connectivity index (χ4v) is 1.44. The van der Waals surface area contributed by atoms with Gasteiger partial charge in [0.15, 0.2) is 0 Å². The molecule has 0 bridgehead atoms. The molecule has 0 aliphatic rings. The first-order chi connectivity index (χ1) is 7.56. The third-order valence-electron chi connectivity index (χ3n) is 1.97. The van der Waals surface area contributed by atoms with Crippen molar-refractivity contribution < 1.29 is 14.8 Å². The smallest absolute Gasteiger partial charge is 0.275 e. The number of rotatable bonds is 5. The van der Waals surface area contributed by atoms with Gasteiger partial charge in [0.25, 0.3) is 5.69 Å². The molecule has 6 nitrogen and oxygen atoms in total. The number of hydrogen-bond acceptors (Lipinski definition) is 5. The molecule has 0 heterocycles. The van der Waals surface area contributed by atoms with E-state index in [9.17, 15) is 10.1 Å². The van der Waals surface area contributed by atoms with E-state index in [0.717, 1.165) is 0 Å². The summed E-state index contributed by atoms with van der Waals surface area (Å²) in [5, 5.41) is 19.6. The molecule has 0 fully saturated rings. The maximum Gasteiger partial charge on any atom is 0.275 e. The van der Waals surface area contributed by atoms with Crippen molar-refractivity contribution in [2.45, 2.75) is 11.9 Å². The molecular weight excluding hydrogens is 236 g/mol. The largest absolute Gasteiger partial charge is 0.356 e. The number of nitro groups is 1. The predicted octanol–water partition coefficient (Wildman–Crippen LogP) is 1.13. The van der Waals surface area contributed by atoms with Crippen molar-refractivity contribution in [2.75, 3.05) is 6.54 Å². The molecule has 0 spiro atoms. The van der Waals surface area contributed by atoms with Crippen molar-refractivity contribution in [1.29, 1.82) is 0 Å².